The summed E-state index contributed by atoms with van der Waals surface area (Å²) < 4.78 is 11.7. The van der Waals surface area contributed by atoms with Crippen LogP contribution in [0.1, 0.15) is 48.4 Å². The minimum Gasteiger partial charge on any atom is -0.496 e. The second-order valence-corrected chi connectivity index (χ2v) is 9.63. The van der Waals surface area contributed by atoms with Gasteiger partial charge in [0.1, 0.15) is 18.1 Å². The van der Waals surface area contributed by atoms with Crippen molar-refractivity contribution in [1.82, 2.24) is 15.2 Å². The van der Waals surface area contributed by atoms with Crippen LogP contribution in [0.3, 0.4) is 0 Å². The molecule has 35 heavy (non-hydrogen) atoms. The molecule has 0 saturated carbocycles. The highest BCUT2D eigenvalue weighted by atomic mass is 16.5. The quantitative estimate of drug-likeness (QED) is 0.541. The standard InChI is InChI=1S/C29H33N3O3/c1-34-27-13-3-2-12-25(27)26-19-32(21-29(26)15-6-4-14-28(33)31-29)18-22-9-8-11-24(17-22)35-20-23-10-5-7-16-30-23/h2-3,5,7-13,16-17,26H,4,6,14-15,18-21H2,1H3,(H,31,33)/t26-,29+/m0/s1. The summed E-state index contributed by atoms with van der Waals surface area (Å²) in [7, 11) is 1.72. The van der Waals surface area contributed by atoms with Gasteiger partial charge in [-0.2, -0.15) is 0 Å². The van der Waals surface area contributed by atoms with Gasteiger partial charge in [0.15, 0.2) is 0 Å². The van der Waals surface area contributed by atoms with Crippen molar-refractivity contribution in [3.05, 3.63) is 89.7 Å². The molecule has 0 unspecified atom stereocenters. The number of carbonyl (C=O) groups excluding carboxylic acids is 1. The number of amides is 1. The van der Waals surface area contributed by atoms with Crippen LogP contribution in [0.5, 0.6) is 11.5 Å². The van der Waals surface area contributed by atoms with Gasteiger partial charge < -0.3 is 14.8 Å². The van der Waals surface area contributed by atoms with Crippen molar-refractivity contribution in [2.24, 2.45) is 0 Å². The number of benzene rings is 2. The first-order valence-corrected chi connectivity index (χ1v) is 12.4. The van der Waals surface area contributed by atoms with E-state index in [0.29, 0.717) is 13.0 Å². The van der Waals surface area contributed by atoms with Crippen LogP contribution in [0.15, 0.2) is 72.9 Å². The van der Waals surface area contributed by atoms with E-state index in [2.05, 4.69) is 39.5 Å². The van der Waals surface area contributed by atoms with E-state index in [-0.39, 0.29) is 17.4 Å². The molecule has 1 aromatic heterocycles. The molecule has 0 aliphatic carbocycles. The Morgan fingerprint density at radius 3 is 2.83 bits per heavy atom. The predicted octanol–water partition coefficient (Wildman–Crippen LogP) is 4.70. The van der Waals surface area contributed by atoms with Gasteiger partial charge in [0, 0.05) is 43.7 Å². The molecule has 0 radical (unpaired) electrons. The summed E-state index contributed by atoms with van der Waals surface area (Å²) in [4.78, 5) is 19.5. The number of hydrogen-bond acceptors (Lipinski definition) is 5. The molecule has 1 spiro atoms. The molecule has 0 bridgehead atoms. The van der Waals surface area contributed by atoms with Crippen LogP contribution in [0, 0.1) is 0 Å². The zero-order valence-electron chi connectivity index (χ0n) is 20.3. The SMILES string of the molecule is COc1ccccc1[C@@H]1CN(Cc2cccc(OCc3ccccn3)c2)C[C@]12CCCCC(=O)N2. The summed E-state index contributed by atoms with van der Waals surface area (Å²) in [6.45, 7) is 2.92. The van der Waals surface area contributed by atoms with E-state index >= 15 is 0 Å². The zero-order valence-corrected chi connectivity index (χ0v) is 20.3. The maximum absolute atomic E-state index is 12.7. The normalized spacial score (nSPS) is 22.5. The Kier molecular flexibility index (Phi) is 7.00. The van der Waals surface area contributed by atoms with Gasteiger partial charge in [-0.05, 0) is 48.7 Å². The smallest absolute Gasteiger partial charge is 0.220 e. The van der Waals surface area contributed by atoms with Crippen molar-refractivity contribution in [2.45, 2.75) is 50.3 Å². The molecule has 3 heterocycles. The Balaban J connectivity index is 1.36. The lowest BCUT2D eigenvalue weighted by molar-refractivity contribution is -0.122. The monoisotopic (exact) mass is 471 g/mol. The Bertz CT molecular complexity index is 1150. The van der Waals surface area contributed by atoms with Gasteiger partial charge in [-0.15, -0.1) is 0 Å². The van der Waals surface area contributed by atoms with Gasteiger partial charge in [-0.3, -0.25) is 14.7 Å². The molecule has 2 aliphatic heterocycles. The predicted molar refractivity (Wildman–Crippen MR) is 135 cm³/mol. The highest BCUT2D eigenvalue weighted by Gasteiger charge is 2.49. The number of carbonyl (C=O) groups is 1. The molecular formula is C29H33N3O3. The van der Waals surface area contributed by atoms with E-state index in [1.165, 1.54) is 11.1 Å². The summed E-state index contributed by atoms with van der Waals surface area (Å²) in [6.07, 6.45) is 5.36. The maximum Gasteiger partial charge on any atom is 0.220 e. The topological polar surface area (TPSA) is 63.7 Å². The van der Waals surface area contributed by atoms with Crippen LogP contribution >= 0.6 is 0 Å². The Morgan fingerprint density at radius 2 is 1.97 bits per heavy atom. The number of pyridine rings is 1. The van der Waals surface area contributed by atoms with Gasteiger partial charge in [-0.1, -0.05) is 42.8 Å². The first kappa shape index (κ1) is 23.4. The molecule has 6 heteroatoms. The summed E-state index contributed by atoms with van der Waals surface area (Å²) in [5.41, 5.74) is 2.99. The minimum atomic E-state index is -0.282. The molecule has 1 amide bonds. The largest absolute Gasteiger partial charge is 0.496 e. The molecule has 2 aliphatic rings. The number of hydrogen-bond donors (Lipinski definition) is 1. The molecule has 3 aromatic rings. The van der Waals surface area contributed by atoms with Gasteiger partial charge in [0.25, 0.3) is 0 Å². The van der Waals surface area contributed by atoms with Gasteiger partial charge in [-0.25, -0.2) is 0 Å². The fraction of sp³-hybridized carbons (Fsp3) is 0.379. The molecular weight excluding hydrogens is 438 g/mol. The van der Waals surface area contributed by atoms with Gasteiger partial charge in [0.2, 0.25) is 5.91 Å². The lowest BCUT2D eigenvalue weighted by atomic mass is 9.78. The van der Waals surface area contributed by atoms with E-state index in [4.69, 9.17) is 9.47 Å². The number of nitrogens with one attached hydrogen (secondary N) is 1. The molecule has 182 valence electrons. The van der Waals surface area contributed by atoms with E-state index in [9.17, 15) is 4.79 Å². The molecule has 2 saturated heterocycles. The zero-order chi connectivity index (χ0) is 24.1. The fourth-order valence-electron chi connectivity index (χ4n) is 5.62. The van der Waals surface area contributed by atoms with Gasteiger partial charge >= 0.3 is 0 Å². The Morgan fingerprint density at radius 1 is 1.09 bits per heavy atom. The third-order valence-electron chi connectivity index (χ3n) is 7.21. The van der Waals surface area contributed by atoms with E-state index in [1.807, 2.05) is 42.5 Å². The molecule has 2 aromatic carbocycles. The average molecular weight is 472 g/mol. The lowest BCUT2D eigenvalue weighted by Crippen LogP contribution is -2.52. The number of rotatable bonds is 7. The van der Waals surface area contributed by atoms with Crippen molar-refractivity contribution >= 4 is 5.91 Å². The lowest BCUT2D eigenvalue weighted by Gasteiger charge is -2.35. The third-order valence-corrected chi connectivity index (χ3v) is 7.21. The van der Waals surface area contributed by atoms with Crippen molar-refractivity contribution in [1.29, 1.82) is 0 Å². The number of para-hydroxylation sites is 1. The number of ether oxygens (including phenoxy) is 2. The van der Waals surface area contributed by atoms with Crippen molar-refractivity contribution < 1.29 is 14.3 Å². The second kappa shape index (κ2) is 10.5. The minimum absolute atomic E-state index is 0.161. The van der Waals surface area contributed by atoms with E-state index < -0.39 is 0 Å². The third kappa shape index (κ3) is 5.33. The summed E-state index contributed by atoms with van der Waals surface area (Å²) in [6, 6.07) is 22.4. The van der Waals surface area contributed by atoms with Crippen molar-refractivity contribution in [3.63, 3.8) is 0 Å². The summed E-state index contributed by atoms with van der Waals surface area (Å²) in [5.74, 6) is 2.06. The van der Waals surface area contributed by atoms with Gasteiger partial charge in [0.05, 0.1) is 18.3 Å². The van der Waals surface area contributed by atoms with Crippen LogP contribution in [0.4, 0.5) is 0 Å². The number of aromatic nitrogens is 1. The first-order chi connectivity index (χ1) is 17.1. The van der Waals surface area contributed by atoms with Crippen molar-refractivity contribution in [2.75, 3.05) is 20.2 Å². The number of methoxy groups -OCH3 is 1. The summed E-state index contributed by atoms with van der Waals surface area (Å²) in [5, 5.41) is 3.45. The highest BCUT2D eigenvalue weighted by molar-refractivity contribution is 5.77. The fourth-order valence-corrected chi connectivity index (χ4v) is 5.62. The Hall–Kier alpha value is -3.38. The van der Waals surface area contributed by atoms with Crippen molar-refractivity contribution in [3.8, 4) is 11.5 Å². The maximum atomic E-state index is 12.7. The van der Waals surface area contributed by atoms with Crippen LogP contribution in [0.2, 0.25) is 0 Å². The van der Waals surface area contributed by atoms with E-state index in [1.54, 1.807) is 13.3 Å². The van der Waals surface area contributed by atoms with Crippen LogP contribution in [-0.2, 0) is 17.9 Å². The highest BCUT2D eigenvalue weighted by Crippen LogP contribution is 2.44. The van der Waals surface area contributed by atoms with Crippen LogP contribution in [0.25, 0.3) is 0 Å². The second-order valence-electron chi connectivity index (χ2n) is 9.63. The molecule has 5 rings (SSSR count). The van der Waals surface area contributed by atoms with E-state index in [0.717, 1.165) is 56.1 Å². The summed E-state index contributed by atoms with van der Waals surface area (Å²) >= 11 is 0. The van der Waals surface area contributed by atoms with Crippen LogP contribution in [-0.4, -0.2) is 41.5 Å². The number of likely N-dealkylation sites (tertiary alicyclic amines) is 1. The first-order valence-electron chi connectivity index (χ1n) is 12.4. The average Bonchev–Trinajstić information content (AvgIpc) is 3.11. The Labute approximate surface area is 207 Å². The molecule has 1 N–H and O–H groups in total. The van der Waals surface area contributed by atoms with Crippen LogP contribution < -0.4 is 14.8 Å². The molecule has 2 fully saturated rings. The molecule has 2 atom stereocenters. The molecule has 6 nitrogen and oxygen atoms in total. The number of nitrogens with zero attached hydrogens (tertiary/aromatic N) is 2.